The highest BCUT2D eigenvalue weighted by Gasteiger charge is 2.32. The molecule has 2 aromatic rings. The lowest BCUT2D eigenvalue weighted by molar-refractivity contribution is -0.121. The molecule has 0 unspecified atom stereocenters. The molecule has 3 atom stereocenters. The van der Waals surface area contributed by atoms with E-state index in [4.69, 9.17) is 0 Å². The third kappa shape index (κ3) is 4.32. The van der Waals surface area contributed by atoms with Gasteiger partial charge in [0.25, 0.3) is 5.56 Å². The number of nitrogens with zero attached hydrogens (tertiary/aromatic N) is 3. The number of halogens is 1. The van der Waals surface area contributed by atoms with Gasteiger partial charge in [0.15, 0.2) is 0 Å². The van der Waals surface area contributed by atoms with Gasteiger partial charge in [0.05, 0.1) is 17.9 Å². The van der Waals surface area contributed by atoms with Gasteiger partial charge in [-0.25, -0.2) is 14.5 Å². The molecule has 1 aliphatic rings. The van der Waals surface area contributed by atoms with Crippen LogP contribution in [0, 0.1) is 11.7 Å². The summed E-state index contributed by atoms with van der Waals surface area (Å²) in [7, 11) is 0. The number of hydrogen-bond donors (Lipinski definition) is 2. The van der Waals surface area contributed by atoms with E-state index in [9.17, 15) is 14.0 Å². The molecular weight excluding hydrogens is 337 g/mol. The van der Waals surface area contributed by atoms with E-state index >= 15 is 0 Å². The van der Waals surface area contributed by atoms with E-state index in [1.165, 1.54) is 18.2 Å². The number of carbonyl (C=O) groups is 1. The molecule has 2 aromatic heterocycles. The predicted octanol–water partition coefficient (Wildman–Crippen LogP) is 1.76. The predicted molar refractivity (Wildman–Crippen MR) is 95.2 cm³/mol. The van der Waals surface area contributed by atoms with Crippen molar-refractivity contribution >= 4 is 11.7 Å². The van der Waals surface area contributed by atoms with Gasteiger partial charge in [-0.1, -0.05) is 6.92 Å². The first kappa shape index (κ1) is 18.2. The van der Waals surface area contributed by atoms with Gasteiger partial charge < -0.3 is 5.32 Å². The van der Waals surface area contributed by atoms with Gasteiger partial charge in [-0.15, -0.1) is 0 Å². The van der Waals surface area contributed by atoms with Gasteiger partial charge in [-0.3, -0.25) is 14.5 Å². The number of H-pyrrole nitrogens is 1. The number of piperidine rings is 1. The summed E-state index contributed by atoms with van der Waals surface area (Å²) in [4.78, 5) is 29.7. The smallest absolute Gasteiger partial charge is 0.264 e. The van der Waals surface area contributed by atoms with Crippen LogP contribution >= 0.6 is 0 Å². The SMILES string of the molecule is C[C@H]1C[C@@H](c2ccc(=O)[nH]n2)CN([C@@H](C)C(=O)Nc2ccc(F)cn2)C1. The van der Waals surface area contributed by atoms with Crippen LogP contribution in [0.4, 0.5) is 10.2 Å². The van der Waals surface area contributed by atoms with Crippen molar-refractivity contribution in [2.24, 2.45) is 5.92 Å². The van der Waals surface area contributed by atoms with E-state index in [0.717, 1.165) is 24.9 Å². The first-order chi connectivity index (χ1) is 12.4. The van der Waals surface area contributed by atoms with Gasteiger partial charge in [-0.05, 0) is 37.5 Å². The number of carbonyl (C=O) groups excluding carboxylic acids is 1. The summed E-state index contributed by atoms with van der Waals surface area (Å²) in [5, 5.41) is 9.34. The van der Waals surface area contributed by atoms with Crippen molar-refractivity contribution < 1.29 is 9.18 Å². The van der Waals surface area contributed by atoms with Crippen molar-refractivity contribution in [3.05, 3.63) is 52.3 Å². The number of rotatable bonds is 4. The minimum atomic E-state index is -0.447. The third-order valence-electron chi connectivity index (χ3n) is 4.71. The Labute approximate surface area is 150 Å². The average molecular weight is 359 g/mol. The number of nitrogens with one attached hydrogen (secondary N) is 2. The number of likely N-dealkylation sites (tertiary alicyclic amines) is 1. The zero-order chi connectivity index (χ0) is 18.7. The Morgan fingerprint density at radius 1 is 1.35 bits per heavy atom. The van der Waals surface area contributed by atoms with Crippen molar-refractivity contribution in [1.82, 2.24) is 20.1 Å². The van der Waals surface area contributed by atoms with Crippen LogP contribution in [0.15, 0.2) is 35.3 Å². The molecule has 0 spiro atoms. The molecule has 0 aliphatic carbocycles. The summed E-state index contributed by atoms with van der Waals surface area (Å²) in [6.45, 7) is 5.45. The Kier molecular flexibility index (Phi) is 5.41. The highest BCUT2D eigenvalue weighted by atomic mass is 19.1. The molecule has 1 fully saturated rings. The van der Waals surface area contributed by atoms with Gasteiger partial charge in [-0.2, -0.15) is 5.10 Å². The van der Waals surface area contributed by atoms with E-state index in [1.807, 2.05) is 6.92 Å². The lowest BCUT2D eigenvalue weighted by atomic mass is 9.87. The topological polar surface area (TPSA) is 91.0 Å². The fraction of sp³-hybridized carbons (Fsp3) is 0.444. The van der Waals surface area contributed by atoms with Crippen molar-refractivity contribution in [3.63, 3.8) is 0 Å². The molecular formula is C18H22FN5O2. The van der Waals surface area contributed by atoms with Crippen LogP contribution in [0.5, 0.6) is 0 Å². The molecule has 0 radical (unpaired) electrons. The second-order valence-electron chi connectivity index (χ2n) is 6.86. The summed E-state index contributed by atoms with van der Waals surface area (Å²) in [6, 6.07) is 5.55. The van der Waals surface area contributed by atoms with Gasteiger partial charge in [0, 0.05) is 25.1 Å². The summed E-state index contributed by atoms with van der Waals surface area (Å²) >= 11 is 0. The molecule has 0 saturated carbocycles. The van der Waals surface area contributed by atoms with Crippen LogP contribution in [0.1, 0.15) is 31.9 Å². The Balaban J connectivity index is 1.68. The Morgan fingerprint density at radius 2 is 2.15 bits per heavy atom. The largest absolute Gasteiger partial charge is 0.309 e. The van der Waals surface area contributed by atoms with E-state index in [-0.39, 0.29) is 23.4 Å². The Bertz CT molecular complexity index is 803. The van der Waals surface area contributed by atoms with Crippen molar-refractivity contribution in [3.8, 4) is 0 Å². The van der Waals surface area contributed by atoms with Crippen molar-refractivity contribution in [2.75, 3.05) is 18.4 Å². The standard InChI is InChI=1S/C18H22FN5O2/c1-11-7-13(15-4-6-17(25)23-22-15)10-24(9-11)12(2)18(26)21-16-5-3-14(19)8-20-16/h3-6,8,11-13H,7,9-10H2,1-2H3,(H,23,25)(H,20,21,26)/t11-,12-,13+/m0/s1. The van der Waals surface area contributed by atoms with Crippen LogP contribution in [0.25, 0.3) is 0 Å². The van der Waals surface area contributed by atoms with E-state index in [0.29, 0.717) is 18.3 Å². The Morgan fingerprint density at radius 3 is 2.81 bits per heavy atom. The van der Waals surface area contributed by atoms with Crippen LogP contribution in [-0.2, 0) is 4.79 Å². The lowest BCUT2D eigenvalue weighted by Crippen LogP contribution is -2.49. The van der Waals surface area contributed by atoms with Crippen molar-refractivity contribution in [1.29, 1.82) is 0 Å². The lowest BCUT2D eigenvalue weighted by Gasteiger charge is -2.38. The maximum Gasteiger partial charge on any atom is 0.264 e. The molecule has 1 saturated heterocycles. The molecule has 0 aromatic carbocycles. The molecule has 1 amide bonds. The van der Waals surface area contributed by atoms with Crippen LogP contribution in [-0.4, -0.2) is 45.1 Å². The number of aromatic amines is 1. The van der Waals surface area contributed by atoms with Crippen molar-refractivity contribution in [2.45, 2.75) is 32.2 Å². The fourth-order valence-corrected chi connectivity index (χ4v) is 3.35. The number of amides is 1. The number of pyridine rings is 1. The summed E-state index contributed by atoms with van der Waals surface area (Å²) in [6.07, 6.45) is 2.02. The highest BCUT2D eigenvalue weighted by molar-refractivity contribution is 5.93. The number of aromatic nitrogens is 3. The number of anilines is 1. The average Bonchev–Trinajstić information content (AvgIpc) is 2.63. The second-order valence-corrected chi connectivity index (χ2v) is 6.86. The van der Waals surface area contributed by atoms with E-state index in [1.54, 1.807) is 6.07 Å². The minimum Gasteiger partial charge on any atom is -0.309 e. The molecule has 138 valence electrons. The molecule has 1 aliphatic heterocycles. The maximum atomic E-state index is 12.9. The molecule has 0 bridgehead atoms. The first-order valence-corrected chi connectivity index (χ1v) is 8.64. The monoisotopic (exact) mass is 359 g/mol. The Hall–Kier alpha value is -2.61. The normalized spacial score (nSPS) is 22.0. The van der Waals surface area contributed by atoms with E-state index < -0.39 is 5.82 Å². The summed E-state index contributed by atoms with van der Waals surface area (Å²) < 4.78 is 12.9. The highest BCUT2D eigenvalue weighted by Crippen LogP contribution is 2.29. The van der Waals surface area contributed by atoms with Gasteiger partial charge >= 0.3 is 0 Å². The first-order valence-electron chi connectivity index (χ1n) is 8.64. The maximum absolute atomic E-state index is 12.9. The molecule has 26 heavy (non-hydrogen) atoms. The molecule has 3 heterocycles. The minimum absolute atomic E-state index is 0.148. The molecule has 7 nitrogen and oxygen atoms in total. The zero-order valence-corrected chi connectivity index (χ0v) is 14.8. The van der Waals surface area contributed by atoms with Crippen LogP contribution in [0.2, 0.25) is 0 Å². The molecule has 3 rings (SSSR count). The summed E-state index contributed by atoms with van der Waals surface area (Å²) in [5.41, 5.74) is 0.600. The quantitative estimate of drug-likeness (QED) is 0.868. The summed E-state index contributed by atoms with van der Waals surface area (Å²) in [5.74, 6) is 0.229. The number of hydrogen-bond acceptors (Lipinski definition) is 5. The van der Waals surface area contributed by atoms with Gasteiger partial charge in [0.1, 0.15) is 11.6 Å². The molecule has 2 N–H and O–H groups in total. The molecule has 8 heteroatoms. The van der Waals surface area contributed by atoms with E-state index in [2.05, 4.69) is 32.3 Å². The van der Waals surface area contributed by atoms with Crippen LogP contribution < -0.4 is 10.9 Å². The van der Waals surface area contributed by atoms with Gasteiger partial charge in [0.2, 0.25) is 5.91 Å². The zero-order valence-electron chi connectivity index (χ0n) is 14.8. The van der Waals surface area contributed by atoms with Crippen LogP contribution in [0.3, 0.4) is 0 Å². The second kappa shape index (κ2) is 7.74. The third-order valence-corrected chi connectivity index (χ3v) is 4.71. The fourth-order valence-electron chi connectivity index (χ4n) is 3.35.